The number of ether oxygens (including phenoxy) is 2. The first-order chi connectivity index (χ1) is 13.5. The fourth-order valence-electron chi connectivity index (χ4n) is 2.86. The maximum Gasteiger partial charge on any atom is 0.238 e. The van der Waals surface area contributed by atoms with Crippen LogP contribution in [0.25, 0.3) is 0 Å². The molecule has 1 atom stereocenters. The van der Waals surface area contributed by atoms with Crippen LogP contribution in [-0.2, 0) is 25.9 Å². The van der Waals surface area contributed by atoms with Gasteiger partial charge in [-0.2, -0.15) is 0 Å². The number of aliphatic imine (C=N–C) groups is 1. The van der Waals surface area contributed by atoms with Gasteiger partial charge in [-0.25, -0.2) is 13.6 Å². The van der Waals surface area contributed by atoms with Gasteiger partial charge in [0.1, 0.15) is 0 Å². The van der Waals surface area contributed by atoms with Crippen molar-refractivity contribution in [2.75, 3.05) is 39.5 Å². The summed E-state index contributed by atoms with van der Waals surface area (Å²) < 4.78 is 33.7. The molecule has 2 rings (SSSR count). The summed E-state index contributed by atoms with van der Waals surface area (Å²) in [4.78, 5) is 4.67. The van der Waals surface area contributed by atoms with Crippen LogP contribution in [0.15, 0.2) is 34.2 Å². The Morgan fingerprint density at radius 2 is 2.07 bits per heavy atom. The molecule has 166 valence electrons. The van der Waals surface area contributed by atoms with Crippen LogP contribution in [0.5, 0.6) is 0 Å². The van der Waals surface area contributed by atoms with Gasteiger partial charge >= 0.3 is 0 Å². The third-order valence-electron chi connectivity index (χ3n) is 4.35. The van der Waals surface area contributed by atoms with Gasteiger partial charge in [0.15, 0.2) is 5.96 Å². The summed E-state index contributed by atoms with van der Waals surface area (Å²) in [7, 11) is -3.64. The van der Waals surface area contributed by atoms with Gasteiger partial charge in [0.25, 0.3) is 0 Å². The van der Waals surface area contributed by atoms with Gasteiger partial charge < -0.3 is 20.1 Å². The molecule has 29 heavy (non-hydrogen) atoms. The molecular formula is C19H33IN4O4S. The van der Waals surface area contributed by atoms with Crippen LogP contribution in [-0.4, -0.2) is 59.9 Å². The molecule has 1 aliphatic heterocycles. The Kier molecular flexibility index (Phi) is 12.7. The smallest absolute Gasteiger partial charge is 0.238 e. The average Bonchev–Trinajstić information content (AvgIpc) is 3.17. The van der Waals surface area contributed by atoms with Gasteiger partial charge in [-0.3, -0.25) is 4.99 Å². The van der Waals surface area contributed by atoms with Crippen molar-refractivity contribution in [3.05, 3.63) is 29.8 Å². The summed E-state index contributed by atoms with van der Waals surface area (Å²) in [5.41, 5.74) is 1.03. The fourth-order valence-corrected chi connectivity index (χ4v) is 3.38. The molecule has 0 radical (unpaired) electrons. The van der Waals surface area contributed by atoms with Crippen molar-refractivity contribution < 1.29 is 17.9 Å². The number of rotatable bonds is 11. The Morgan fingerprint density at radius 1 is 1.31 bits per heavy atom. The largest absolute Gasteiger partial charge is 0.379 e. The van der Waals surface area contributed by atoms with Crippen LogP contribution in [0.4, 0.5) is 0 Å². The van der Waals surface area contributed by atoms with E-state index in [2.05, 4.69) is 15.6 Å². The molecule has 0 aromatic heterocycles. The number of nitrogens with one attached hydrogen (secondary N) is 2. The number of nitrogens with two attached hydrogens (primary N) is 1. The third kappa shape index (κ3) is 10.6. The molecule has 8 nitrogen and oxygen atoms in total. The second-order valence-electron chi connectivity index (χ2n) is 6.69. The van der Waals surface area contributed by atoms with E-state index in [9.17, 15) is 8.42 Å². The monoisotopic (exact) mass is 540 g/mol. The third-order valence-corrected chi connectivity index (χ3v) is 5.28. The minimum absolute atomic E-state index is 0. The van der Waals surface area contributed by atoms with Gasteiger partial charge in [-0.05, 0) is 50.3 Å². The highest BCUT2D eigenvalue weighted by Gasteiger charge is 2.14. The van der Waals surface area contributed by atoms with E-state index >= 15 is 0 Å². The molecule has 10 heteroatoms. The minimum Gasteiger partial charge on any atom is -0.379 e. The fraction of sp³-hybridized carbons (Fsp3) is 0.632. The normalized spacial score (nSPS) is 17.0. The van der Waals surface area contributed by atoms with Crippen LogP contribution in [0, 0.1) is 0 Å². The molecule has 0 bridgehead atoms. The molecule has 4 N–H and O–H groups in total. The number of hydrogen-bond acceptors (Lipinski definition) is 5. The number of primary sulfonamides is 1. The summed E-state index contributed by atoms with van der Waals surface area (Å²) >= 11 is 0. The van der Waals surface area contributed by atoms with Crippen molar-refractivity contribution in [3.63, 3.8) is 0 Å². The van der Waals surface area contributed by atoms with Gasteiger partial charge in [0, 0.05) is 32.8 Å². The molecule has 1 aromatic rings. The highest BCUT2D eigenvalue weighted by Crippen LogP contribution is 2.12. The zero-order valence-corrected chi connectivity index (χ0v) is 20.1. The summed E-state index contributed by atoms with van der Waals surface area (Å²) in [5, 5.41) is 11.6. The van der Waals surface area contributed by atoms with E-state index in [0.717, 1.165) is 50.4 Å². The number of hydrogen-bond donors (Lipinski definition) is 3. The van der Waals surface area contributed by atoms with E-state index in [1.807, 2.05) is 6.92 Å². The average molecular weight is 540 g/mol. The van der Waals surface area contributed by atoms with Gasteiger partial charge in [-0.15, -0.1) is 24.0 Å². The predicted molar refractivity (Wildman–Crippen MR) is 125 cm³/mol. The van der Waals surface area contributed by atoms with Crippen molar-refractivity contribution in [1.29, 1.82) is 0 Å². The van der Waals surface area contributed by atoms with Gasteiger partial charge in [-0.1, -0.05) is 12.1 Å². The first kappa shape index (κ1) is 26.1. The van der Waals surface area contributed by atoms with Crippen molar-refractivity contribution in [2.45, 2.75) is 43.6 Å². The Labute approximate surface area is 191 Å². The molecule has 0 aliphatic carbocycles. The molecule has 0 saturated carbocycles. The number of benzene rings is 1. The zero-order chi connectivity index (χ0) is 20.2. The lowest BCUT2D eigenvalue weighted by Gasteiger charge is -2.12. The second kappa shape index (κ2) is 14.1. The number of sulfonamides is 1. The van der Waals surface area contributed by atoms with Crippen LogP contribution in [0.2, 0.25) is 0 Å². The van der Waals surface area contributed by atoms with Crippen molar-refractivity contribution in [1.82, 2.24) is 10.6 Å². The van der Waals surface area contributed by atoms with Crippen molar-refractivity contribution in [3.8, 4) is 0 Å². The summed E-state index contributed by atoms with van der Waals surface area (Å²) in [6, 6.07) is 6.61. The Bertz CT molecular complexity index is 707. The number of halogens is 1. The molecule has 1 aliphatic rings. The molecule has 1 saturated heterocycles. The number of guanidine groups is 1. The maximum absolute atomic E-state index is 11.3. The van der Waals surface area contributed by atoms with Crippen molar-refractivity contribution in [2.24, 2.45) is 10.1 Å². The van der Waals surface area contributed by atoms with E-state index in [0.29, 0.717) is 26.3 Å². The highest BCUT2D eigenvalue weighted by atomic mass is 127. The van der Waals surface area contributed by atoms with Gasteiger partial charge in [0.05, 0.1) is 17.6 Å². The van der Waals surface area contributed by atoms with Gasteiger partial charge in [0.2, 0.25) is 10.0 Å². The molecule has 0 spiro atoms. The molecule has 1 aromatic carbocycles. The minimum atomic E-state index is -3.64. The van der Waals surface area contributed by atoms with E-state index in [1.54, 1.807) is 12.1 Å². The summed E-state index contributed by atoms with van der Waals surface area (Å²) in [6.07, 6.45) is 4.10. The summed E-state index contributed by atoms with van der Waals surface area (Å²) in [5.74, 6) is 0.766. The zero-order valence-electron chi connectivity index (χ0n) is 16.9. The highest BCUT2D eigenvalue weighted by molar-refractivity contribution is 14.0. The maximum atomic E-state index is 11.3. The predicted octanol–water partition coefficient (Wildman–Crippen LogP) is 1.64. The first-order valence-electron chi connectivity index (χ1n) is 9.82. The Hall–Kier alpha value is -0.950. The summed E-state index contributed by atoms with van der Waals surface area (Å²) in [6.45, 7) is 6.38. The van der Waals surface area contributed by atoms with Crippen LogP contribution >= 0.6 is 24.0 Å². The Balaban J connectivity index is 0.00000420. The molecule has 1 unspecified atom stereocenters. The Morgan fingerprint density at radius 3 is 2.69 bits per heavy atom. The van der Waals surface area contributed by atoms with Crippen LogP contribution in [0.3, 0.4) is 0 Å². The molecule has 1 fully saturated rings. The topological polar surface area (TPSA) is 115 Å². The molecule has 1 heterocycles. The quantitative estimate of drug-likeness (QED) is 0.170. The lowest BCUT2D eigenvalue weighted by molar-refractivity contribution is 0.0171. The van der Waals surface area contributed by atoms with Crippen LogP contribution < -0.4 is 15.8 Å². The van der Waals surface area contributed by atoms with E-state index in [4.69, 9.17) is 14.6 Å². The lowest BCUT2D eigenvalue weighted by Crippen LogP contribution is -2.38. The molecule has 0 amide bonds. The lowest BCUT2D eigenvalue weighted by atomic mass is 10.1. The van der Waals surface area contributed by atoms with E-state index in [-0.39, 0.29) is 35.0 Å². The van der Waals surface area contributed by atoms with Crippen molar-refractivity contribution >= 4 is 40.0 Å². The molecular weight excluding hydrogens is 507 g/mol. The van der Waals surface area contributed by atoms with E-state index in [1.165, 1.54) is 12.1 Å². The number of nitrogens with zero attached hydrogens (tertiary/aromatic N) is 1. The first-order valence-corrected chi connectivity index (χ1v) is 11.4. The van der Waals surface area contributed by atoms with Crippen LogP contribution in [0.1, 0.15) is 31.7 Å². The van der Waals surface area contributed by atoms with E-state index < -0.39 is 10.0 Å². The standard InChI is InChI=1S/C19H32N4O4S.HI/c1-2-21-19(22-11-4-13-26-15-17-5-3-14-27-17)23-12-10-16-6-8-18(9-7-16)28(20,24)25;/h6-9,17H,2-5,10-15H2,1H3,(H2,20,24,25)(H2,21,22,23);1H. The SMILES string of the molecule is CCNC(=NCCCOCC1CCCO1)NCCc1ccc(S(N)(=O)=O)cc1.I. The second-order valence-corrected chi connectivity index (χ2v) is 8.25.